The molecule has 0 aromatic heterocycles. The Balaban J connectivity index is 3.50. The summed E-state index contributed by atoms with van der Waals surface area (Å²) in [6, 6.07) is 4.03. The zero-order valence-corrected chi connectivity index (χ0v) is 13.5. The lowest BCUT2D eigenvalue weighted by atomic mass is 9.85. The topological polar surface area (TPSA) is 110 Å². The number of nitro benzene ring substituents is 1. The van der Waals surface area contributed by atoms with E-state index < -0.39 is 31.6 Å². The van der Waals surface area contributed by atoms with Gasteiger partial charge in [0.2, 0.25) is 0 Å². The highest BCUT2D eigenvalue weighted by Gasteiger charge is 2.37. The Hall–Kier alpha value is -1.67. The van der Waals surface area contributed by atoms with Crippen molar-refractivity contribution in [3.63, 3.8) is 0 Å². The summed E-state index contributed by atoms with van der Waals surface area (Å²) in [7, 11) is -3.74. The van der Waals surface area contributed by atoms with E-state index in [4.69, 9.17) is 0 Å². The number of nitrogens with one attached hydrogen (secondary N) is 1. The van der Waals surface area contributed by atoms with Gasteiger partial charge in [-0.3, -0.25) is 10.1 Å². The first-order valence-corrected chi connectivity index (χ1v) is 8.14. The van der Waals surface area contributed by atoms with Crippen LogP contribution in [0, 0.1) is 10.1 Å². The minimum absolute atomic E-state index is 0.0510. The van der Waals surface area contributed by atoms with Gasteiger partial charge in [0.15, 0.2) is 9.84 Å². The van der Waals surface area contributed by atoms with Crippen LogP contribution >= 0.6 is 0 Å². The van der Waals surface area contributed by atoms with E-state index in [0.29, 0.717) is 0 Å². The zero-order valence-electron chi connectivity index (χ0n) is 12.7. The molecule has 0 amide bonds. The monoisotopic (exact) mass is 316 g/mol. The lowest BCUT2D eigenvalue weighted by Gasteiger charge is -2.38. The van der Waals surface area contributed by atoms with E-state index >= 15 is 0 Å². The third kappa shape index (κ3) is 3.70. The molecular weight excluding hydrogens is 296 g/mol. The first-order valence-electron chi connectivity index (χ1n) is 6.25. The predicted octanol–water partition coefficient (Wildman–Crippen LogP) is 1.96. The fourth-order valence-electron chi connectivity index (χ4n) is 1.60. The molecule has 0 aliphatic rings. The lowest BCUT2D eigenvalue weighted by Crippen LogP contribution is -2.51. The maximum Gasteiger partial charge on any atom is 0.310 e. The summed E-state index contributed by atoms with van der Waals surface area (Å²) in [5.41, 5.74) is -2.55. The molecule has 0 unspecified atom stereocenters. The minimum Gasteiger partial charge on any atom is -0.388 e. The largest absolute Gasteiger partial charge is 0.388 e. The van der Waals surface area contributed by atoms with Crippen LogP contribution < -0.4 is 5.32 Å². The summed E-state index contributed by atoms with van der Waals surface area (Å²) in [5.74, 6) is 0. The van der Waals surface area contributed by atoms with Crippen LogP contribution in [0.25, 0.3) is 0 Å². The summed E-state index contributed by atoms with van der Waals surface area (Å²) in [4.78, 5) is 10.2. The van der Waals surface area contributed by atoms with Gasteiger partial charge in [0.05, 0.1) is 16.1 Å². The molecule has 0 saturated carbocycles. The first kappa shape index (κ1) is 17.4. The van der Waals surface area contributed by atoms with Crippen LogP contribution in [0.15, 0.2) is 23.1 Å². The zero-order chi connectivity index (χ0) is 16.6. The highest BCUT2D eigenvalue weighted by molar-refractivity contribution is 7.90. The minimum atomic E-state index is -3.74. The molecule has 21 heavy (non-hydrogen) atoms. The standard InChI is InChI=1S/C13H20N2O5S/c1-12(2,13(3,4)16)14-9-7-6-8-10(21(5,19)20)11(9)15(17)18/h6-8,14,16H,1-5H3. The maximum absolute atomic E-state index is 11.7. The van der Waals surface area contributed by atoms with Crippen molar-refractivity contribution in [2.24, 2.45) is 0 Å². The normalized spacial score (nSPS) is 13.0. The molecule has 7 nitrogen and oxygen atoms in total. The van der Waals surface area contributed by atoms with Crippen molar-refractivity contribution in [3.05, 3.63) is 28.3 Å². The van der Waals surface area contributed by atoms with Crippen LogP contribution in [0.3, 0.4) is 0 Å². The summed E-state index contributed by atoms with van der Waals surface area (Å²) >= 11 is 0. The average molecular weight is 316 g/mol. The van der Waals surface area contributed by atoms with Crippen molar-refractivity contribution in [1.29, 1.82) is 0 Å². The quantitative estimate of drug-likeness (QED) is 0.635. The van der Waals surface area contributed by atoms with E-state index in [1.165, 1.54) is 18.2 Å². The van der Waals surface area contributed by atoms with E-state index in [1.54, 1.807) is 27.7 Å². The molecule has 0 aliphatic heterocycles. The molecule has 0 fully saturated rings. The second-order valence-electron chi connectivity index (χ2n) is 5.99. The van der Waals surface area contributed by atoms with Gasteiger partial charge >= 0.3 is 5.69 Å². The van der Waals surface area contributed by atoms with E-state index in [-0.39, 0.29) is 10.6 Å². The van der Waals surface area contributed by atoms with Gasteiger partial charge in [0, 0.05) is 6.26 Å². The van der Waals surface area contributed by atoms with Gasteiger partial charge < -0.3 is 10.4 Å². The molecule has 0 aliphatic carbocycles. The van der Waals surface area contributed by atoms with Crippen molar-refractivity contribution >= 4 is 21.2 Å². The predicted molar refractivity (Wildman–Crippen MR) is 80.2 cm³/mol. The molecular formula is C13H20N2O5S. The number of nitro groups is 1. The van der Waals surface area contributed by atoms with Crippen molar-refractivity contribution in [2.75, 3.05) is 11.6 Å². The molecule has 1 rings (SSSR count). The number of para-hydroxylation sites is 1. The molecule has 2 N–H and O–H groups in total. The summed E-state index contributed by atoms with van der Waals surface area (Å²) in [6.45, 7) is 6.46. The Bertz CT molecular complexity index is 660. The molecule has 0 bridgehead atoms. The molecule has 0 spiro atoms. The number of benzene rings is 1. The Labute approximate surface area is 124 Å². The van der Waals surface area contributed by atoms with Crippen LogP contribution in [0.5, 0.6) is 0 Å². The molecule has 118 valence electrons. The van der Waals surface area contributed by atoms with Gasteiger partial charge in [0.25, 0.3) is 0 Å². The van der Waals surface area contributed by atoms with E-state index in [2.05, 4.69) is 5.32 Å². The Morgan fingerprint density at radius 2 is 1.76 bits per heavy atom. The summed E-state index contributed by atoms with van der Waals surface area (Å²) < 4.78 is 23.4. The van der Waals surface area contributed by atoms with Crippen molar-refractivity contribution in [2.45, 2.75) is 43.7 Å². The van der Waals surface area contributed by atoms with Gasteiger partial charge in [-0.05, 0) is 39.8 Å². The van der Waals surface area contributed by atoms with E-state index in [1.807, 2.05) is 0 Å². The number of nitrogens with zero attached hydrogens (tertiary/aromatic N) is 1. The molecule has 1 aromatic carbocycles. The SMILES string of the molecule is CC(C)(O)C(C)(C)Nc1cccc(S(C)(=O)=O)c1[N+](=O)[O-]. The smallest absolute Gasteiger partial charge is 0.310 e. The number of aliphatic hydroxyl groups is 1. The Kier molecular flexibility index (Phi) is 4.36. The van der Waals surface area contributed by atoms with E-state index in [0.717, 1.165) is 6.26 Å². The van der Waals surface area contributed by atoms with Gasteiger partial charge in [-0.15, -0.1) is 0 Å². The first-order chi connectivity index (χ1) is 9.27. The molecule has 0 saturated heterocycles. The van der Waals surface area contributed by atoms with Crippen LogP contribution in [0.1, 0.15) is 27.7 Å². The molecule has 1 aromatic rings. The second kappa shape index (κ2) is 5.27. The van der Waals surface area contributed by atoms with Crippen molar-refractivity contribution < 1.29 is 18.4 Å². The summed E-state index contributed by atoms with van der Waals surface area (Å²) in [5, 5.41) is 24.2. The fourth-order valence-corrected chi connectivity index (χ4v) is 2.46. The second-order valence-corrected chi connectivity index (χ2v) is 7.97. The fraction of sp³-hybridized carbons (Fsp3) is 0.538. The van der Waals surface area contributed by atoms with Crippen LogP contribution in [-0.2, 0) is 9.84 Å². The van der Waals surface area contributed by atoms with Crippen LogP contribution in [-0.4, -0.2) is 35.8 Å². The highest BCUT2D eigenvalue weighted by Crippen LogP contribution is 2.35. The molecule has 0 radical (unpaired) electrons. The molecule has 0 heterocycles. The van der Waals surface area contributed by atoms with Gasteiger partial charge in [-0.1, -0.05) is 6.07 Å². The molecule has 0 atom stereocenters. The number of rotatable bonds is 5. The third-order valence-electron chi connectivity index (χ3n) is 3.56. The third-order valence-corrected chi connectivity index (χ3v) is 4.69. The Morgan fingerprint density at radius 3 is 2.14 bits per heavy atom. The van der Waals surface area contributed by atoms with Crippen molar-refractivity contribution in [1.82, 2.24) is 0 Å². The van der Waals surface area contributed by atoms with E-state index in [9.17, 15) is 23.6 Å². The highest BCUT2D eigenvalue weighted by atomic mass is 32.2. The van der Waals surface area contributed by atoms with Gasteiger partial charge in [-0.2, -0.15) is 0 Å². The van der Waals surface area contributed by atoms with Crippen LogP contribution in [0.4, 0.5) is 11.4 Å². The number of sulfone groups is 1. The lowest BCUT2D eigenvalue weighted by molar-refractivity contribution is -0.386. The number of hydrogen-bond acceptors (Lipinski definition) is 6. The van der Waals surface area contributed by atoms with Gasteiger partial charge in [0.1, 0.15) is 10.6 Å². The number of hydrogen-bond donors (Lipinski definition) is 2. The maximum atomic E-state index is 11.7. The van der Waals surface area contributed by atoms with Crippen LogP contribution in [0.2, 0.25) is 0 Å². The summed E-state index contributed by atoms with van der Waals surface area (Å²) in [6.07, 6.45) is 0.917. The van der Waals surface area contributed by atoms with Gasteiger partial charge in [-0.25, -0.2) is 8.42 Å². The van der Waals surface area contributed by atoms with Crippen molar-refractivity contribution in [3.8, 4) is 0 Å². The molecule has 8 heteroatoms. The average Bonchev–Trinajstić information content (AvgIpc) is 2.24. The number of anilines is 1. The Morgan fingerprint density at radius 1 is 1.24 bits per heavy atom.